The van der Waals surface area contributed by atoms with Gasteiger partial charge in [0.05, 0.1) is 10.3 Å². The molecule has 64 valence electrons. The van der Waals surface area contributed by atoms with Gasteiger partial charge in [-0.3, -0.25) is 15.1 Å². The van der Waals surface area contributed by atoms with Crippen LogP contribution in [-0.2, 0) is 0 Å². The van der Waals surface area contributed by atoms with Gasteiger partial charge in [0.2, 0.25) is 0 Å². The molecule has 0 bridgehead atoms. The SMILES string of the molecule is O=[N+]([O-])c1cncc2ccccc12. The Morgan fingerprint density at radius 1 is 1.23 bits per heavy atom. The second-order valence-electron chi connectivity index (χ2n) is 2.64. The van der Waals surface area contributed by atoms with E-state index in [4.69, 9.17) is 0 Å². The van der Waals surface area contributed by atoms with Gasteiger partial charge in [-0.1, -0.05) is 18.2 Å². The zero-order chi connectivity index (χ0) is 9.26. The first kappa shape index (κ1) is 7.67. The van der Waals surface area contributed by atoms with E-state index < -0.39 is 4.92 Å². The molecule has 4 nitrogen and oxygen atoms in total. The Kier molecular flexibility index (Phi) is 1.66. The molecule has 1 aromatic carbocycles. The molecule has 0 aliphatic carbocycles. The molecule has 1 heterocycles. The van der Waals surface area contributed by atoms with Crippen molar-refractivity contribution in [3.05, 3.63) is 46.8 Å². The number of rotatable bonds is 1. The highest BCUT2D eigenvalue weighted by Gasteiger charge is 2.10. The predicted molar refractivity (Wildman–Crippen MR) is 48.4 cm³/mol. The van der Waals surface area contributed by atoms with E-state index >= 15 is 0 Å². The van der Waals surface area contributed by atoms with E-state index in [2.05, 4.69) is 4.98 Å². The van der Waals surface area contributed by atoms with Crippen LogP contribution in [0.1, 0.15) is 0 Å². The summed E-state index contributed by atoms with van der Waals surface area (Å²) >= 11 is 0. The molecule has 13 heavy (non-hydrogen) atoms. The lowest BCUT2D eigenvalue weighted by Crippen LogP contribution is -1.90. The van der Waals surface area contributed by atoms with Gasteiger partial charge in [0, 0.05) is 11.6 Å². The third-order valence-electron chi connectivity index (χ3n) is 1.84. The molecule has 1 aromatic heterocycles. The maximum atomic E-state index is 10.6. The van der Waals surface area contributed by atoms with Crippen LogP contribution < -0.4 is 0 Å². The summed E-state index contributed by atoms with van der Waals surface area (Å²) in [4.78, 5) is 14.0. The van der Waals surface area contributed by atoms with Crippen molar-refractivity contribution >= 4 is 16.5 Å². The van der Waals surface area contributed by atoms with Gasteiger partial charge in [0.1, 0.15) is 6.20 Å². The molecule has 0 unspecified atom stereocenters. The molecule has 0 fully saturated rings. The molecule has 0 atom stereocenters. The summed E-state index contributed by atoms with van der Waals surface area (Å²) < 4.78 is 0. The van der Waals surface area contributed by atoms with Crippen LogP contribution in [0.25, 0.3) is 10.8 Å². The van der Waals surface area contributed by atoms with E-state index in [0.29, 0.717) is 5.39 Å². The number of aromatic nitrogens is 1. The molecule has 0 aliphatic heterocycles. The smallest absolute Gasteiger partial charge is 0.258 e. The number of hydrogen-bond donors (Lipinski definition) is 0. The van der Waals surface area contributed by atoms with Crippen LogP contribution in [0.5, 0.6) is 0 Å². The van der Waals surface area contributed by atoms with Crippen LogP contribution in [0, 0.1) is 10.1 Å². The van der Waals surface area contributed by atoms with Gasteiger partial charge in [-0.05, 0) is 6.07 Å². The van der Waals surface area contributed by atoms with Crippen molar-refractivity contribution < 1.29 is 4.92 Å². The van der Waals surface area contributed by atoms with Gasteiger partial charge in [0.25, 0.3) is 5.69 Å². The lowest BCUT2D eigenvalue weighted by molar-refractivity contribution is -0.383. The molecule has 0 amide bonds. The van der Waals surface area contributed by atoms with Gasteiger partial charge >= 0.3 is 0 Å². The van der Waals surface area contributed by atoms with Crippen LogP contribution in [0.15, 0.2) is 36.7 Å². The normalized spacial score (nSPS) is 10.2. The van der Waals surface area contributed by atoms with Gasteiger partial charge in [-0.25, -0.2) is 0 Å². The summed E-state index contributed by atoms with van der Waals surface area (Å²) in [5.74, 6) is 0. The average Bonchev–Trinajstić information content (AvgIpc) is 2.17. The van der Waals surface area contributed by atoms with Crippen molar-refractivity contribution in [2.45, 2.75) is 0 Å². The van der Waals surface area contributed by atoms with Crippen molar-refractivity contribution in [3.8, 4) is 0 Å². The third kappa shape index (κ3) is 1.22. The molecular formula is C9H6N2O2. The van der Waals surface area contributed by atoms with Gasteiger partial charge < -0.3 is 0 Å². The Balaban J connectivity index is 2.83. The minimum atomic E-state index is -0.421. The van der Waals surface area contributed by atoms with E-state index in [-0.39, 0.29) is 5.69 Å². The standard InChI is InChI=1S/C9H6N2O2/c12-11(13)9-6-10-5-7-3-1-2-4-8(7)9/h1-6H. The number of pyridine rings is 1. The zero-order valence-electron chi connectivity index (χ0n) is 6.68. The van der Waals surface area contributed by atoms with Crippen LogP contribution in [0.3, 0.4) is 0 Å². The predicted octanol–water partition coefficient (Wildman–Crippen LogP) is 2.14. The quantitative estimate of drug-likeness (QED) is 0.491. The van der Waals surface area contributed by atoms with E-state index in [1.807, 2.05) is 6.07 Å². The van der Waals surface area contributed by atoms with Crippen LogP contribution >= 0.6 is 0 Å². The monoisotopic (exact) mass is 174 g/mol. The van der Waals surface area contributed by atoms with Crippen molar-refractivity contribution in [3.63, 3.8) is 0 Å². The summed E-state index contributed by atoms with van der Waals surface area (Å²) in [6.45, 7) is 0. The minimum absolute atomic E-state index is 0.0538. The Hall–Kier alpha value is -1.97. The lowest BCUT2D eigenvalue weighted by atomic mass is 10.1. The maximum Gasteiger partial charge on any atom is 0.295 e. The molecule has 0 radical (unpaired) electrons. The average molecular weight is 174 g/mol. The van der Waals surface area contributed by atoms with Gasteiger partial charge in [-0.2, -0.15) is 0 Å². The molecule has 4 heteroatoms. The van der Waals surface area contributed by atoms with Crippen molar-refractivity contribution in [2.24, 2.45) is 0 Å². The fraction of sp³-hybridized carbons (Fsp3) is 0. The number of hydrogen-bond acceptors (Lipinski definition) is 3. The minimum Gasteiger partial charge on any atom is -0.258 e. The highest BCUT2D eigenvalue weighted by atomic mass is 16.6. The fourth-order valence-corrected chi connectivity index (χ4v) is 1.25. The van der Waals surface area contributed by atoms with E-state index in [1.165, 1.54) is 6.20 Å². The first-order chi connectivity index (χ1) is 6.29. The zero-order valence-corrected chi connectivity index (χ0v) is 6.68. The second kappa shape index (κ2) is 2.82. The lowest BCUT2D eigenvalue weighted by Gasteiger charge is -1.96. The number of benzene rings is 1. The molecule has 0 saturated heterocycles. The molecule has 0 N–H and O–H groups in total. The molecule has 0 spiro atoms. The summed E-state index contributed by atoms with van der Waals surface area (Å²) in [6, 6.07) is 7.12. The highest BCUT2D eigenvalue weighted by molar-refractivity contribution is 5.89. The van der Waals surface area contributed by atoms with Crippen molar-refractivity contribution in [1.29, 1.82) is 0 Å². The van der Waals surface area contributed by atoms with Gasteiger partial charge in [-0.15, -0.1) is 0 Å². The van der Waals surface area contributed by atoms with Crippen LogP contribution in [0.2, 0.25) is 0 Å². The Morgan fingerprint density at radius 2 is 2.00 bits per heavy atom. The largest absolute Gasteiger partial charge is 0.295 e. The second-order valence-corrected chi connectivity index (χ2v) is 2.64. The fourth-order valence-electron chi connectivity index (χ4n) is 1.25. The molecule has 0 saturated carbocycles. The van der Waals surface area contributed by atoms with Crippen LogP contribution in [0.4, 0.5) is 5.69 Å². The first-order valence-corrected chi connectivity index (χ1v) is 3.76. The molecule has 2 aromatic rings. The Labute approximate surface area is 74.0 Å². The topological polar surface area (TPSA) is 56.0 Å². The van der Waals surface area contributed by atoms with Crippen LogP contribution in [-0.4, -0.2) is 9.91 Å². The van der Waals surface area contributed by atoms with Gasteiger partial charge in [0.15, 0.2) is 0 Å². The number of nitrogens with zero attached hydrogens (tertiary/aromatic N) is 2. The first-order valence-electron chi connectivity index (χ1n) is 3.76. The highest BCUT2D eigenvalue weighted by Crippen LogP contribution is 2.22. The number of nitro groups is 1. The number of fused-ring (bicyclic) bond motifs is 1. The van der Waals surface area contributed by atoms with E-state index in [1.54, 1.807) is 24.4 Å². The summed E-state index contributed by atoms with van der Waals surface area (Å²) in [5.41, 5.74) is 0.0538. The van der Waals surface area contributed by atoms with Crippen molar-refractivity contribution in [2.75, 3.05) is 0 Å². The molecule has 0 aliphatic rings. The Bertz CT molecular complexity index is 463. The summed E-state index contributed by atoms with van der Waals surface area (Å²) in [7, 11) is 0. The van der Waals surface area contributed by atoms with Crippen molar-refractivity contribution in [1.82, 2.24) is 4.98 Å². The maximum absolute atomic E-state index is 10.6. The third-order valence-corrected chi connectivity index (χ3v) is 1.84. The molecular weight excluding hydrogens is 168 g/mol. The Morgan fingerprint density at radius 3 is 2.77 bits per heavy atom. The summed E-state index contributed by atoms with van der Waals surface area (Å²) in [6.07, 6.45) is 2.88. The van der Waals surface area contributed by atoms with E-state index in [0.717, 1.165) is 5.39 Å². The summed E-state index contributed by atoms with van der Waals surface area (Å²) in [5, 5.41) is 12.0. The molecule has 2 rings (SSSR count). The van der Waals surface area contributed by atoms with E-state index in [9.17, 15) is 10.1 Å².